The van der Waals surface area contributed by atoms with E-state index in [9.17, 15) is 13.6 Å². The van der Waals surface area contributed by atoms with Crippen molar-refractivity contribution in [1.82, 2.24) is 10.2 Å². The van der Waals surface area contributed by atoms with Crippen molar-refractivity contribution in [2.75, 3.05) is 32.8 Å². The van der Waals surface area contributed by atoms with Crippen LogP contribution < -0.4 is 5.32 Å². The summed E-state index contributed by atoms with van der Waals surface area (Å²) < 4.78 is 33.8. The molecule has 1 N–H and O–H groups in total. The topological polar surface area (TPSA) is 41.6 Å². The molecule has 1 unspecified atom stereocenters. The van der Waals surface area contributed by atoms with Crippen molar-refractivity contribution in [2.24, 2.45) is 0 Å². The molecular formula is C21H20F2N2O2S. The summed E-state index contributed by atoms with van der Waals surface area (Å²) in [5.41, 5.74) is 0.810. The molecule has 0 bridgehead atoms. The van der Waals surface area contributed by atoms with Gasteiger partial charge < -0.3 is 10.1 Å². The molecule has 0 saturated carbocycles. The monoisotopic (exact) mass is 402 g/mol. The number of hydrogen-bond acceptors (Lipinski definition) is 4. The first-order valence-electron chi connectivity index (χ1n) is 9.15. The van der Waals surface area contributed by atoms with Crippen molar-refractivity contribution < 1.29 is 18.3 Å². The summed E-state index contributed by atoms with van der Waals surface area (Å²) in [5.74, 6) is -0.893. The predicted octanol–water partition coefficient (Wildman–Crippen LogP) is 3.98. The predicted molar refractivity (Wildman–Crippen MR) is 106 cm³/mol. The number of amides is 1. The molecule has 0 aliphatic carbocycles. The van der Waals surface area contributed by atoms with E-state index < -0.39 is 0 Å². The van der Waals surface area contributed by atoms with E-state index in [0.29, 0.717) is 43.1 Å². The van der Waals surface area contributed by atoms with Crippen LogP contribution in [-0.2, 0) is 4.74 Å². The van der Waals surface area contributed by atoms with Gasteiger partial charge in [0, 0.05) is 29.7 Å². The van der Waals surface area contributed by atoms with Crippen molar-refractivity contribution in [3.63, 3.8) is 0 Å². The highest BCUT2D eigenvalue weighted by Gasteiger charge is 2.24. The van der Waals surface area contributed by atoms with Gasteiger partial charge in [0.1, 0.15) is 11.6 Å². The second-order valence-electron chi connectivity index (χ2n) is 6.69. The molecule has 1 aromatic heterocycles. The average Bonchev–Trinajstić information content (AvgIpc) is 3.15. The third-order valence-corrected chi connectivity index (χ3v) is 6.01. The summed E-state index contributed by atoms with van der Waals surface area (Å²) in [6, 6.07) is 12.7. The van der Waals surface area contributed by atoms with Gasteiger partial charge in [-0.2, -0.15) is 0 Å². The number of carbonyl (C=O) groups is 1. The van der Waals surface area contributed by atoms with Crippen LogP contribution >= 0.6 is 11.3 Å². The lowest BCUT2D eigenvalue weighted by molar-refractivity contribution is 0.0162. The smallest absolute Gasteiger partial charge is 0.261 e. The number of thiophene rings is 1. The number of morpholine rings is 1. The largest absolute Gasteiger partial charge is 0.379 e. The van der Waals surface area contributed by atoms with Gasteiger partial charge in [-0.1, -0.05) is 18.2 Å². The second kappa shape index (κ2) is 8.34. The van der Waals surface area contributed by atoms with Gasteiger partial charge in [0.25, 0.3) is 5.91 Å². The van der Waals surface area contributed by atoms with E-state index >= 15 is 0 Å². The molecule has 1 saturated heterocycles. The Balaban J connectivity index is 1.52. The van der Waals surface area contributed by atoms with Gasteiger partial charge in [0.15, 0.2) is 0 Å². The zero-order valence-electron chi connectivity index (χ0n) is 15.2. The highest BCUT2D eigenvalue weighted by atomic mass is 32.1. The number of rotatable bonds is 5. The standard InChI is InChI=1S/C21H20F2N2O2S/c22-15-4-1-3-14(11-15)18(25-7-9-27-10-8-25)13-24-21(26)20-12-16-17(23)5-2-6-19(16)28-20/h1-6,11-12,18H,7-10,13H2,(H,24,26). The molecule has 4 nitrogen and oxygen atoms in total. The van der Waals surface area contributed by atoms with Crippen LogP contribution in [0, 0.1) is 11.6 Å². The third-order valence-electron chi connectivity index (χ3n) is 4.91. The van der Waals surface area contributed by atoms with Gasteiger partial charge in [-0.15, -0.1) is 11.3 Å². The number of nitrogens with one attached hydrogen (secondary N) is 1. The van der Waals surface area contributed by atoms with E-state index in [1.165, 1.54) is 29.5 Å². The lowest BCUT2D eigenvalue weighted by Gasteiger charge is -2.34. The van der Waals surface area contributed by atoms with Crippen LogP contribution in [0.5, 0.6) is 0 Å². The Labute approximate surface area is 165 Å². The number of ether oxygens (including phenoxy) is 1. The van der Waals surface area contributed by atoms with Crippen molar-refractivity contribution >= 4 is 27.3 Å². The maximum absolute atomic E-state index is 13.9. The third kappa shape index (κ3) is 4.06. The summed E-state index contributed by atoms with van der Waals surface area (Å²) in [7, 11) is 0. The molecular weight excluding hydrogens is 382 g/mol. The lowest BCUT2D eigenvalue weighted by atomic mass is 10.0. The van der Waals surface area contributed by atoms with Crippen LogP contribution in [-0.4, -0.2) is 43.7 Å². The number of hydrogen-bond donors (Lipinski definition) is 1. The van der Waals surface area contributed by atoms with E-state index in [0.717, 1.165) is 10.3 Å². The molecule has 2 aromatic carbocycles. The fraction of sp³-hybridized carbons (Fsp3) is 0.286. The van der Waals surface area contributed by atoms with Crippen LogP contribution in [0.2, 0.25) is 0 Å². The van der Waals surface area contributed by atoms with E-state index in [2.05, 4.69) is 10.2 Å². The molecule has 146 valence electrons. The molecule has 0 radical (unpaired) electrons. The van der Waals surface area contributed by atoms with Gasteiger partial charge in [-0.25, -0.2) is 8.78 Å². The minimum Gasteiger partial charge on any atom is -0.379 e. The molecule has 1 fully saturated rings. The first-order chi connectivity index (χ1) is 13.6. The summed E-state index contributed by atoms with van der Waals surface area (Å²) in [6.45, 7) is 2.97. The van der Waals surface area contributed by atoms with Crippen molar-refractivity contribution in [1.29, 1.82) is 0 Å². The van der Waals surface area contributed by atoms with Gasteiger partial charge in [-0.3, -0.25) is 9.69 Å². The molecule has 7 heteroatoms. The summed E-state index contributed by atoms with van der Waals surface area (Å²) in [5, 5.41) is 3.39. The van der Waals surface area contributed by atoms with E-state index in [-0.39, 0.29) is 23.6 Å². The number of halogens is 2. The second-order valence-corrected chi connectivity index (χ2v) is 7.78. The fourth-order valence-corrected chi connectivity index (χ4v) is 4.47. The molecule has 1 amide bonds. The van der Waals surface area contributed by atoms with Crippen molar-refractivity contribution in [3.05, 3.63) is 70.6 Å². The van der Waals surface area contributed by atoms with Gasteiger partial charge in [0.2, 0.25) is 0 Å². The minimum absolute atomic E-state index is 0.158. The van der Waals surface area contributed by atoms with Crippen LogP contribution in [0.25, 0.3) is 10.1 Å². The van der Waals surface area contributed by atoms with E-state index in [1.807, 2.05) is 6.07 Å². The first-order valence-corrected chi connectivity index (χ1v) is 9.97. The molecule has 1 atom stereocenters. The Bertz CT molecular complexity index is 985. The van der Waals surface area contributed by atoms with Crippen LogP contribution in [0.1, 0.15) is 21.3 Å². The Morgan fingerprint density at radius 3 is 2.68 bits per heavy atom. The van der Waals surface area contributed by atoms with Gasteiger partial charge >= 0.3 is 0 Å². The van der Waals surface area contributed by atoms with Gasteiger partial charge in [-0.05, 0) is 35.9 Å². The zero-order valence-corrected chi connectivity index (χ0v) is 16.0. The highest BCUT2D eigenvalue weighted by Crippen LogP contribution is 2.28. The minimum atomic E-state index is -0.334. The normalized spacial score (nSPS) is 16.2. The van der Waals surface area contributed by atoms with Crippen LogP contribution in [0.3, 0.4) is 0 Å². The molecule has 3 aromatic rings. The molecule has 28 heavy (non-hydrogen) atoms. The summed E-state index contributed by atoms with van der Waals surface area (Å²) >= 11 is 1.26. The lowest BCUT2D eigenvalue weighted by Crippen LogP contribution is -2.43. The average molecular weight is 402 g/mol. The molecule has 1 aliphatic heterocycles. The van der Waals surface area contributed by atoms with Crippen molar-refractivity contribution in [2.45, 2.75) is 6.04 Å². The molecule has 1 aliphatic rings. The highest BCUT2D eigenvalue weighted by molar-refractivity contribution is 7.20. The number of fused-ring (bicyclic) bond motifs is 1. The Hall–Kier alpha value is -2.35. The first kappa shape index (κ1) is 19.0. The Morgan fingerprint density at radius 2 is 1.93 bits per heavy atom. The Morgan fingerprint density at radius 1 is 1.14 bits per heavy atom. The van der Waals surface area contributed by atoms with Crippen molar-refractivity contribution in [3.8, 4) is 0 Å². The quantitative estimate of drug-likeness (QED) is 0.702. The molecule has 2 heterocycles. The molecule has 0 spiro atoms. The molecule has 4 rings (SSSR count). The fourth-order valence-electron chi connectivity index (χ4n) is 3.47. The number of carbonyl (C=O) groups excluding carboxylic acids is 1. The SMILES string of the molecule is O=C(NCC(c1cccc(F)c1)N1CCOCC1)c1cc2c(F)cccc2s1. The summed E-state index contributed by atoms with van der Waals surface area (Å²) in [6.07, 6.45) is 0. The maximum Gasteiger partial charge on any atom is 0.261 e. The summed E-state index contributed by atoms with van der Waals surface area (Å²) in [4.78, 5) is 15.3. The van der Waals surface area contributed by atoms with E-state index in [4.69, 9.17) is 4.74 Å². The zero-order chi connectivity index (χ0) is 19.5. The van der Waals surface area contributed by atoms with Crippen LogP contribution in [0.15, 0.2) is 48.5 Å². The maximum atomic E-state index is 13.9. The van der Waals surface area contributed by atoms with E-state index in [1.54, 1.807) is 24.3 Å². The van der Waals surface area contributed by atoms with Gasteiger partial charge in [0.05, 0.1) is 24.1 Å². The Kier molecular flexibility index (Phi) is 5.66. The number of nitrogens with zero attached hydrogens (tertiary/aromatic N) is 1. The number of benzene rings is 2. The van der Waals surface area contributed by atoms with Crippen LogP contribution in [0.4, 0.5) is 8.78 Å².